The predicted octanol–water partition coefficient (Wildman–Crippen LogP) is 6.29. The van der Waals surface area contributed by atoms with E-state index in [1.54, 1.807) is 25.7 Å². The maximum absolute atomic E-state index is 13.9. The van der Waals surface area contributed by atoms with Gasteiger partial charge in [-0.05, 0) is 75.1 Å². The number of anilines is 1. The molecule has 202 valence electrons. The van der Waals surface area contributed by atoms with Gasteiger partial charge in [-0.15, -0.1) is 0 Å². The summed E-state index contributed by atoms with van der Waals surface area (Å²) in [5.74, 6) is -0.670. The molecule has 0 saturated heterocycles. The maximum Gasteiger partial charge on any atom is 0.408 e. The number of ether oxygens (including phenoxy) is 1. The number of alkyl carbamates (subject to hydrolysis) is 1. The second-order valence-electron chi connectivity index (χ2n) is 10.6. The fourth-order valence-electron chi connectivity index (χ4n) is 4.35. The summed E-state index contributed by atoms with van der Waals surface area (Å²) >= 11 is 0. The van der Waals surface area contributed by atoms with Crippen molar-refractivity contribution in [3.05, 3.63) is 77.4 Å². The van der Waals surface area contributed by atoms with Crippen molar-refractivity contribution in [1.29, 1.82) is 0 Å². The van der Waals surface area contributed by atoms with E-state index in [-0.39, 0.29) is 18.4 Å². The number of fused-ring (bicyclic) bond motifs is 1. The van der Waals surface area contributed by atoms with Crippen LogP contribution in [-0.2, 0) is 14.3 Å². The van der Waals surface area contributed by atoms with E-state index in [0.29, 0.717) is 18.7 Å². The van der Waals surface area contributed by atoms with E-state index < -0.39 is 17.7 Å². The summed E-state index contributed by atoms with van der Waals surface area (Å²) < 4.78 is 5.29. The molecular weight excluding hydrogens is 478 g/mol. The van der Waals surface area contributed by atoms with Crippen molar-refractivity contribution in [2.45, 2.75) is 66.0 Å². The number of hydrogen-bond acceptors (Lipinski definition) is 4. The minimum atomic E-state index is -0.874. The molecule has 7 nitrogen and oxygen atoms in total. The molecule has 0 aromatic heterocycles. The first-order valence-electron chi connectivity index (χ1n) is 13.1. The molecule has 3 aromatic carbocycles. The third-order valence-electron chi connectivity index (χ3n) is 6.15. The van der Waals surface area contributed by atoms with E-state index >= 15 is 0 Å². The summed E-state index contributed by atoms with van der Waals surface area (Å²) in [5, 5.41) is 7.67. The van der Waals surface area contributed by atoms with Crippen LogP contribution in [-0.4, -0.2) is 41.5 Å². The van der Waals surface area contributed by atoms with Crippen LogP contribution >= 0.6 is 0 Å². The Morgan fingerprint density at radius 1 is 0.947 bits per heavy atom. The molecule has 0 aliphatic rings. The minimum Gasteiger partial charge on any atom is -0.444 e. The summed E-state index contributed by atoms with van der Waals surface area (Å²) in [6, 6.07) is 18.7. The fraction of sp³-hybridized carbons (Fsp3) is 0.387. The zero-order valence-corrected chi connectivity index (χ0v) is 23.3. The second kappa shape index (κ2) is 12.6. The average molecular weight is 518 g/mol. The van der Waals surface area contributed by atoms with Gasteiger partial charge >= 0.3 is 6.09 Å². The number of carbonyl (C=O) groups excluding carboxylic acids is 3. The first kappa shape index (κ1) is 28.7. The Bertz CT molecular complexity index is 1300. The van der Waals surface area contributed by atoms with Crippen LogP contribution < -0.4 is 10.6 Å². The number of unbranched alkanes of at least 4 members (excludes halogenated alkanes) is 1. The highest BCUT2D eigenvalue weighted by molar-refractivity contribution is 6.00. The van der Waals surface area contributed by atoms with Gasteiger partial charge in [0.25, 0.3) is 5.91 Å². The zero-order valence-electron chi connectivity index (χ0n) is 23.3. The Kier molecular flexibility index (Phi) is 9.50. The highest BCUT2D eigenvalue weighted by atomic mass is 16.6. The lowest BCUT2D eigenvalue weighted by molar-refractivity contribution is -0.138. The van der Waals surface area contributed by atoms with Gasteiger partial charge in [0, 0.05) is 12.2 Å². The second-order valence-corrected chi connectivity index (χ2v) is 10.6. The molecule has 0 spiro atoms. The molecule has 1 unspecified atom stereocenters. The van der Waals surface area contributed by atoms with Crippen molar-refractivity contribution in [3.8, 4) is 0 Å². The first-order valence-corrected chi connectivity index (χ1v) is 13.1. The number of nitrogens with zero attached hydrogens (tertiary/aromatic N) is 1. The summed E-state index contributed by atoms with van der Waals surface area (Å²) in [4.78, 5) is 41.2. The molecule has 1 atom stereocenters. The van der Waals surface area contributed by atoms with Gasteiger partial charge in [-0.2, -0.15) is 0 Å². The molecule has 0 aliphatic carbocycles. The largest absolute Gasteiger partial charge is 0.444 e. The highest BCUT2D eigenvalue weighted by Crippen LogP contribution is 2.28. The van der Waals surface area contributed by atoms with Crippen LogP contribution in [0, 0.1) is 13.8 Å². The molecule has 3 rings (SSSR count). The Morgan fingerprint density at radius 2 is 1.66 bits per heavy atom. The van der Waals surface area contributed by atoms with Gasteiger partial charge in [0.2, 0.25) is 5.91 Å². The van der Waals surface area contributed by atoms with E-state index in [9.17, 15) is 14.4 Å². The quantitative estimate of drug-likeness (QED) is 0.349. The number of carbonyl (C=O) groups is 3. The molecule has 0 fully saturated rings. The van der Waals surface area contributed by atoms with Crippen LogP contribution in [0.2, 0.25) is 0 Å². The van der Waals surface area contributed by atoms with Gasteiger partial charge < -0.3 is 20.3 Å². The number of nitrogens with one attached hydrogen (secondary N) is 2. The Balaban J connectivity index is 1.94. The molecular formula is C31H39N3O4. The number of benzene rings is 3. The zero-order chi connectivity index (χ0) is 27.9. The lowest BCUT2D eigenvalue weighted by atomic mass is 9.96. The van der Waals surface area contributed by atoms with Gasteiger partial charge in [0.15, 0.2) is 0 Å². The topological polar surface area (TPSA) is 87.7 Å². The molecule has 3 amide bonds. The van der Waals surface area contributed by atoms with Crippen LogP contribution in [0.5, 0.6) is 0 Å². The van der Waals surface area contributed by atoms with Gasteiger partial charge in [-0.25, -0.2) is 4.79 Å². The van der Waals surface area contributed by atoms with E-state index in [0.717, 1.165) is 33.9 Å². The third-order valence-corrected chi connectivity index (χ3v) is 6.15. The van der Waals surface area contributed by atoms with Crippen LogP contribution in [0.15, 0.2) is 60.7 Å². The highest BCUT2D eigenvalue weighted by Gasteiger charge is 2.32. The van der Waals surface area contributed by atoms with Crippen LogP contribution in [0.1, 0.15) is 63.3 Å². The predicted molar refractivity (Wildman–Crippen MR) is 152 cm³/mol. The summed E-state index contributed by atoms with van der Waals surface area (Å²) in [6.07, 6.45) is 0.878. The minimum absolute atomic E-state index is 0.275. The number of aryl methyl sites for hydroxylation is 2. The van der Waals surface area contributed by atoms with Crippen molar-refractivity contribution >= 4 is 34.4 Å². The van der Waals surface area contributed by atoms with Crippen LogP contribution in [0.3, 0.4) is 0 Å². The fourth-order valence-corrected chi connectivity index (χ4v) is 4.35. The smallest absolute Gasteiger partial charge is 0.408 e. The van der Waals surface area contributed by atoms with Crippen molar-refractivity contribution in [2.24, 2.45) is 0 Å². The van der Waals surface area contributed by atoms with Gasteiger partial charge in [0.05, 0.1) is 0 Å². The Labute approximate surface area is 225 Å². The van der Waals surface area contributed by atoms with E-state index in [1.807, 2.05) is 81.4 Å². The molecule has 0 aliphatic heterocycles. The van der Waals surface area contributed by atoms with E-state index in [2.05, 4.69) is 10.6 Å². The maximum atomic E-state index is 13.9. The first-order chi connectivity index (χ1) is 18.0. The van der Waals surface area contributed by atoms with Crippen LogP contribution in [0.25, 0.3) is 10.8 Å². The number of hydrogen-bond donors (Lipinski definition) is 2. The third kappa shape index (κ3) is 7.81. The summed E-state index contributed by atoms with van der Waals surface area (Å²) in [6.45, 7) is 11.3. The molecule has 3 aromatic rings. The number of amides is 3. The van der Waals surface area contributed by atoms with Gasteiger partial charge in [-0.3, -0.25) is 9.59 Å². The van der Waals surface area contributed by atoms with E-state index in [1.165, 1.54) is 0 Å². The van der Waals surface area contributed by atoms with Crippen LogP contribution in [0.4, 0.5) is 10.5 Å². The van der Waals surface area contributed by atoms with Crippen molar-refractivity contribution in [2.75, 3.05) is 18.4 Å². The Hall–Kier alpha value is -3.87. The number of rotatable bonds is 9. The van der Waals surface area contributed by atoms with Crippen molar-refractivity contribution in [1.82, 2.24) is 10.2 Å². The monoisotopic (exact) mass is 517 g/mol. The van der Waals surface area contributed by atoms with Crippen molar-refractivity contribution in [3.63, 3.8) is 0 Å². The molecule has 2 N–H and O–H groups in total. The standard InChI is InChI=1S/C31H39N3O4/c1-7-8-17-34(27(35)20-32-30(37)38-31(4,5)6)28(26-16-13-21(2)18-22(26)3)29(36)33-25-15-14-23-11-9-10-12-24(23)19-25/h9-16,18-19,28H,7-8,17,20H2,1-6H3,(H,32,37)(H,33,36). The molecule has 0 bridgehead atoms. The molecule has 38 heavy (non-hydrogen) atoms. The Morgan fingerprint density at radius 3 is 2.32 bits per heavy atom. The molecule has 0 radical (unpaired) electrons. The lowest BCUT2D eigenvalue weighted by Crippen LogP contribution is -2.47. The van der Waals surface area contributed by atoms with E-state index in [4.69, 9.17) is 4.74 Å². The SMILES string of the molecule is CCCCN(C(=O)CNC(=O)OC(C)(C)C)C(C(=O)Nc1ccc2ccccc2c1)c1ccc(C)cc1C. The summed E-state index contributed by atoms with van der Waals surface area (Å²) in [5.41, 5.74) is 2.70. The van der Waals surface area contributed by atoms with Crippen molar-refractivity contribution < 1.29 is 19.1 Å². The van der Waals surface area contributed by atoms with Gasteiger partial charge in [0.1, 0.15) is 18.2 Å². The lowest BCUT2D eigenvalue weighted by Gasteiger charge is -2.32. The molecule has 7 heteroatoms. The average Bonchev–Trinajstić information content (AvgIpc) is 2.84. The van der Waals surface area contributed by atoms with Gasteiger partial charge in [-0.1, -0.05) is 67.4 Å². The summed E-state index contributed by atoms with van der Waals surface area (Å²) in [7, 11) is 0. The molecule has 0 saturated carbocycles. The molecule has 0 heterocycles. The normalized spacial score (nSPS) is 12.1.